The van der Waals surface area contributed by atoms with Gasteiger partial charge in [-0.05, 0) is 157 Å². The summed E-state index contributed by atoms with van der Waals surface area (Å²) in [5.74, 6) is 6.84. The van der Waals surface area contributed by atoms with Gasteiger partial charge in [-0.2, -0.15) is 0 Å². The van der Waals surface area contributed by atoms with Crippen LogP contribution in [0.15, 0.2) is 322 Å². The number of anilines is 10. The van der Waals surface area contributed by atoms with Crippen LogP contribution in [0.25, 0.3) is 32.9 Å². The van der Waals surface area contributed by atoms with Gasteiger partial charge >= 0.3 is 0 Å². The third-order valence-electron chi connectivity index (χ3n) is 17.0. The molecule has 0 saturated heterocycles. The molecule has 15 rings (SSSR count). The number of rotatable bonds is 13. The average Bonchev–Trinajstić information content (AvgIpc) is 0.930. The van der Waals surface area contributed by atoms with Crippen molar-refractivity contribution in [2.75, 3.05) is 19.6 Å². The van der Waals surface area contributed by atoms with Crippen molar-refractivity contribution >= 4 is 78.7 Å². The molecule has 0 radical (unpaired) electrons. The number of hydrogen-bond donors (Lipinski definition) is 0. The summed E-state index contributed by atoms with van der Waals surface area (Å²) in [6, 6.07) is 105. The van der Waals surface area contributed by atoms with Crippen LogP contribution < -0.4 is 19.6 Å². The van der Waals surface area contributed by atoms with Gasteiger partial charge < -0.3 is 24.2 Å². The van der Waals surface area contributed by atoms with Crippen molar-refractivity contribution in [3.63, 3.8) is 0 Å². The van der Waals surface area contributed by atoms with E-state index >= 15 is 0 Å². The van der Waals surface area contributed by atoms with Crippen LogP contribution in [-0.4, -0.2) is 10.6 Å². The Labute approximate surface area is 491 Å². The monoisotopic (exact) mass is 1080 g/mol. The molecule has 2 unspecified atom stereocenters. The molecule has 11 aromatic carbocycles. The second-order valence-electron chi connectivity index (χ2n) is 21.8. The number of allylic oxidation sites excluding steroid dienone is 5. The zero-order valence-electron chi connectivity index (χ0n) is 46.4. The smallest absolute Gasteiger partial charge is 0.125 e. The molecular formula is C79H59N5. The lowest BCUT2D eigenvalue weighted by molar-refractivity contribution is 0.619. The maximum Gasteiger partial charge on any atom is 0.125 e. The van der Waals surface area contributed by atoms with Crippen LogP contribution in [0.1, 0.15) is 35.6 Å². The average molecular weight is 1080 g/mol. The van der Waals surface area contributed by atoms with Crippen molar-refractivity contribution < 1.29 is 0 Å². The van der Waals surface area contributed by atoms with E-state index in [9.17, 15) is 0 Å². The SMILES string of the molecule is C1#CC(N(c2ccccc2)c2ccc(N(c3ccc(N(c4ccccc4)c4ccccc4)cc3)C3(c4ccc(-c5ccccc5)cc4)c4ccccc4N(c4ccc5c(c4)c4ccccc4n5C4C=CC=CC4)c4ccccc43)cc2)CC=C1. The molecule has 5 nitrogen and oxygen atoms in total. The van der Waals surface area contributed by atoms with E-state index in [1.165, 1.54) is 27.4 Å². The Bertz CT molecular complexity index is 4410. The zero-order chi connectivity index (χ0) is 55.8. The first kappa shape index (κ1) is 50.2. The first-order valence-corrected chi connectivity index (χ1v) is 29.1. The summed E-state index contributed by atoms with van der Waals surface area (Å²) >= 11 is 0. The Morgan fingerprint density at radius 2 is 0.917 bits per heavy atom. The lowest BCUT2D eigenvalue weighted by atomic mass is 9.71. The highest BCUT2D eigenvalue weighted by atomic mass is 15.3. The molecule has 2 aliphatic carbocycles. The third-order valence-corrected chi connectivity index (χ3v) is 17.0. The van der Waals surface area contributed by atoms with Gasteiger partial charge in [-0.3, -0.25) is 0 Å². The number of nitrogens with zero attached hydrogens (tertiary/aromatic N) is 5. The molecule has 0 amide bonds. The summed E-state index contributed by atoms with van der Waals surface area (Å²) in [7, 11) is 0. The van der Waals surface area contributed by atoms with E-state index in [0.29, 0.717) is 0 Å². The molecule has 1 aliphatic heterocycles. The van der Waals surface area contributed by atoms with Gasteiger partial charge in [0.05, 0.1) is 23.5 Å². The van der Waals surface area contributed by atoms with E-state index in [2.05, 4.69) is 352 Å². The fourth-order valence-corrected chi connectivity index (χ4v) is 13.3. The van der Waals surface area contributed by atoms with E-state index < -0.39 is 5.54 Å². The van der Waals surface area contributed by atoms with Crippen LogP contribution in [0.2, 0.25) is 0 Å². The predicted octanol–water partition coefficient (Wildman–Crippen LogP) is 20.4. The van der Waals surface area contributed by atoms with E-state index in [1.807, 2.05) is 6.08 Å². The van der Waals surface area contributed by atoms with E-state index in [0.717, 1.165) is 92.0 Å². The van der Waals surface area contributed by atoms with Crippen LogP contribution in [-0.2, 0) is 5.54 Å². The standard InChI is InChI=1S/C79H59N5/c1-7-25-58(26-8-1)59-43-45-60(46-44-59)79(73-38-20-23-41-77(73)83(78-42-24-21-39-74(78)79)70-55-56-76-72(57-70)71-37-19-22-40-75(71)82(76)65-35-17-6-18-36-65)84(68-51-47-66(48-52-68)80(61-27-9-2-10-28-61)62-29-11-3-12-30-62)69-53-49-67(50-54-69)81(63-31-13-4-14-32-63)64-33-15-5-16-34-64/h1-15,17-32,35,37-57,64-65H,33,36H2. The summed E-state index contributed by atoms with van der Waals surface area (Å²) in [4.78, 5) is 9.85. The van der Waals surface area contributed by atoms with Crippen molar-refractivity contribution in [1.82, 2.24) is 4.57 Å². The Balaban J connectivity index is 0.976. The number of benzene rings is 11. The topological polar surface area (TPSA) is 17.9 Å². The van der Waals surface area contributed by atoms with E-state index in [4.69, 9.17) is 0 Å². The van der Waals surface area contributed by atoms with Crippen molar-refractivity contribution in [1.29, 1.82) is 0 Å². The summed E-state index contributed by atoms with van der Waals surface area (Å²) in [6.45, 7) is 0. The quantitative estimate of drug-likeness (QED) is 0.107. The van der Waals surface area contributed by atoms with Crippen molar-refractivity contribution in [2.24, 2.45) is 0 Å². The Kier molecular flexibility index (Phi) is 12.9. The van der Waals surface area contributed by atoms with Crippen LogP contribution in [0.4, 0.5) is 56.9 Å². The third kappa shape index (κ3) is 8.67. The first-order valence-electron chi connectivity index (χ1n) is 29.1. The van der Waals surface area contributed by atoms with E-state index in [-0.39, 0.29) is 12.1 Å². The predicted molar refractivity (Wildman–Crippen MR) is 351 cm³/mol. The van der Waals surface area contributed by atoms with Gasteiger partial charge in [-0.1, -0.05) is 206 Å². The number of fused-ring (bicyclic) bond motifs is 5. The second-order valence-corrected chi connectivity index (χ2v) is 21.8. The second kappa shape index (κ2) is 21.6. The summed E-state index contributed by atoms with van der Waals surface area (Å²) < 4.78 is 2.53. The molecular weight excluding hydrogens is 1020 g/mol. The summed E-state index contributed by atoms with van der Waals surface area (Å²) in [6.07, 6.45) is 14.9. The molecule has 0 fully saturated rings. The van der Waals surface area contributed by atoms with Crippen LogP contribution in [0, 0.1) is 11.8 Å². The highest BCUT2D eigenvalue weighted by Gasteiger charge is 2.50. The van der Waals surface area contributed by atoms with Crippen LogP contribution in [0.3, 0.4) is 0 Å². The molecule has 0 bridgehead atoms. The Morgan fingerprint density at radius 1 is 0.405 bits per heavy atom. The van der Waals surface area contributed by atoms with E-state index in [1.54, 1.807) is 0 Å². The van der Waals surface area contributed by atoms with Gasteiger partial charge in [0, 0.05) is 78.4 Å². The van der Waals surface area contributed by atoms with Gasteiger partial charge in [0.15, 0.2) is 0 Å². The molecule has 2 atom stereocenters. The number of para-hydroxylation sites is 6. The lowest BCUT2D eigenvalue weighted by Gasteiger charge is -2.52. The van der Waals surface area contributed by atoms with Crippen molar-refractivity contribution in [2.45, 2.75) is 30.5 Å². The normalized spacial score (nSPS) is 15.5. The maximum absolute atomic E-state index is 3.55. The van der Waals surface area contributed by atoms with Gasteiger partial charge in [0.1, 0.15) is 5.54 Å². The van der Waals surface area contributed by atoms with Crippen LogP contribution in [0.5, 0.6) is 0 Å². The fraction of sp³-hybridized carbons (Fsp3) is 0.0633. The molecule has 3 aliphatic rings. The minimum absolute atomic E-state index is 0.0290. The van der Waals surface area contributed by atoms with Gasteiger partial charge in [0.2, 0.25) is 0 Å². The molecule has 1 aromatic heterocycles. The first-order chi connectivity index (χ1) is 41.7. The zero-order valence-corrected chi connectivity index (χ0v) is 46.4. The fourth-order valence-electron chi connectivity index (χ4n) is 13.3. The van der Waals surface area contributed by atoms with Crippen LogP contribution >= 0.6 is 0 Å². The molecule has 0 spiro atoms. The minimum atomic E-state index is -0.958. The van der Waals surface area contributed by atoms with Crippen molar-refractivity contribution in [3.05, 3.63) is 338 Å². The van der Waals surface area contributed by atoms with Crippen molar-refractivity contribution in [3.8, 4) is 23.0 Å². The molecule has 400 valence electrons. The number of aromatic nitrogens is 1. The van der Waals surface area contributed by atoms with Gasteiger partial charge in [-0.25, -0.2) is 0 Å². The minimum Gasteiger partial charge on any atom is -0.333 e. The molecule has 0 saturated carbocycles. The molecule has 12 aromatic rings. The Hall–Kier alpha value is -10.8. The molecule has 5 heteroatoms. The maximum atomic E-state index is 3.55. The largest absolute Gasteiger partial charge is 0.333 e. The molecule has 0 N–H and O–H groups in total. The highest BCUT2D eigenvalue weighted by Crippen LogP contribution is 2.60. The van der Waals surface area contributed by atoms with Gasteiger partial charge in [-0.15, -0.1) is 0 Å². The molecule has 84 heavy (non-hydrogen) atoms. The summed E-state index contributed by atoms with van der Waals surface area (Å²) in [5.41, 5.74) is 18.0. The molecule has 2 heterocycles. The summed E-state index contributed by atoms with van der Waals surface area (Å²) in [5, 5.41) is 2.48. The lowest BCUT2D eigenvalue weighted by Crippen LogP contribution is -2.49. The highest BCUT2D eigenvalue weighted by molar-refractivity contribution is 6.10. The number of hydrogen-bond acceptors (Lipinski definition) is 4. The van der Waals surface area contributed by atoms with Gasteiger partial charge in [0.25, 0.3) is 0 Å². The Morgan fingerprint density at radius 3 is 1.52 bits per heavy atom.